The second-order valence-electron chi connectivity index (χ2n) is 6.07. The van der Waals surface area contributed by atoms with Gasteiger partial charge >= 0.3 is 0 Å². The molecule has 2 nitrogen and oxygen atoms in total. The van der Waals surface area contributed by atoms with E-state index < -0.39 is 5.72 Å². The predicted molar refractivity (Wildman–Crippen MR) is 87.4 cm³/mol. The van der Waals surface area contributed by atoms with E-state index in [1.807, 2.05) is 24.3 Å². The predicted octanol–water partition coefficient (Wildman–Crippen LogP) is 4.45. The molecule has 1 aliphatic rings. The Hall–Kier alpha value is -1.80. The van der Waals surface area contributed by atoms with Crippen molar-refractivity contribution in [3.63, 3.8) is 0 Å². The first kappa shape index (κ1) is 14.2. The van der Waals surface area contributed by atoms with Crippen molar-refractivity contribution in [2.75, 3.05) is 5.32 Å². The van der Waals surface area contributed by atoms with Crippen LogP contribution in [-0.4, -0.2) is 10.8 Å². The number of nitrogens with one attached hydrogen (secondary N) is 1. The maximum Gasteiger partial charge on any atom is 0.142 e. The molecule has 0 heterocycles. The summed E-state index contributed by atoms with van der Waals surface area (Å²) in [7, 11) is 0. The average molecular weight is 281 g/mol. The van der Waals surface area contributed by atoms with Gasteiger partial charge in [0.2, 0.25) is 0 Å². The number of aliphatic hydroxyl groups is 1. The van der Waals surface area contributed by atoms with Crippen molar-refractivity contribution >= 4 is 5.69 Å². The lowest BCUT2D eigenvalue weighted by molar-refractivity contribution is 0.00960. The summed E-state index contributed by atoms with van der Waals surface area (Å²) in [5.74, 6) is 0.145. The third kappa shape index (κ3) is 2.96. The molecule has 1 aliphatic carbocycles. The van der Waals surface area contributed by atoms with Gasteiger partial charge in [-0.3, -0.25) is 0 Å². The highest BCUT2D eigenvalue weighted by Crippen LogP contribution is 2.41. The zero-order valence-corrected chi connectivity index (χ0v) is 12.5. The largest absolute Gasteiger partial charge is 0.370 e. The van der Waals surface area contributed by atoms with E-state index in [1.165, 1.54) is 17.5 Å². The van der Waals surface area contributed by atoms with Gasteiger partial charge in [-0.25, -0.2) is 0 Å². The Morgan fingerprint density at radius 2 is 1.71 bits per heavy atom. The molecule has 110 valence electrons. The van der Waals surface area contributed by atoms with Gasteiger partial charge in [0.25, 0.3) is 0 Å². The van der Waals surface area contributed by atoms with Crippen LogP contribution in [0.1, 0.15) is 42.7 Å². The molecule has 0 bridgehead atoms. The second-order valence-corrected chi connectivity index (χ2v) is 6.07. The van der Waals surface area contributed by atoms with Crippen LogP contribution in [0.2, 0.25) is 0 Å². The van der Waals surface area contributed by atoms with Crippen molar-refractivity contribution in [2.24, 2.45) is 0 Å². The molecule has 2 atom stereocenters. The summed E-state index contributed by atoms with van der Waals surface area (Å²) in [6.45, 7) is 2.08. The Kier molecular flexibility index (Phi) is 3.98. The zero-order valence-electron chi connectivity index (χ0n) is 12.5. The number of hydrogen-bond acceptors (Lipinski definition) is 2. The van der Waals surface area contributed by atoms with Crippen molar-refractivity contribution in [1.29, 1.82) is 0 Å². The molecule has 0 radical (unpaired) electrons. The lowest BCUT2D eigenvalue weighted by Gasteiger charge is -2.42. The van der Waals surface area contributed by atoms with Crippen LogP contribution in [0.3, 0.4) is 0 Å². The molecule has 0 aliphatic heterocycles. The highest BCUT2D eigenvalue weighted by Gasteiger charge is 2.39. The van der Waals surface area contributed by atoms with Crippen molar-refractivity contribution in [2.45, 2.75) is 44.2 Å². The van der Waals surface area contributed by atoms with E-state index in [-0.39, 0.29) is 5.92 Å². The van der Waals surface area contributed by atoms with Crippen LogP contribution in [-0.2, 0) is 0 Å². The third-order valence-electron chi connectivity index (χ3n) is 4.58. The van der Waals surface area contributed by atoms with Gasteiger partial charge in [0.15, 0.2) is 0 Å². The SMILES string of the molecule is Cc1ccccc1NC1(O)CCCCC1c1ccccc1. The van der Waals surface area contributed by atoms with Gasteiger partial charge in [-0.1, -0.05) is 55.0 Å². The molecule has 3 rings (SSSR count). The number of anilines is 1. The monoisotopic (exact) mass is 281 g/mol. The minimum absolute atomic E-state index is 0.145. The van der Waals surface area contributed by atoms with Gasteiger partial charge < -0.3 is 10.4 Å². The van der Waals surface area contributed by atoms with Crippen LogP contribution in [0.25, 0.3) is 0 Å². The summed E-state index contributed by atoms with van der Waals surface area (Å²) < 4.78 is 0. The van der Waals surface area contributed by atoms with E-state index in [0.29, 0.717) is 0 Å². The molecule has 0 saturated heterocycles. The smallest absolute Gasteiger partial charge is 0.142 e. The van der Waals surface area contributed by atoms with Gasteiger partial charge in [-0.15, -0.1) is 0 Å². The molecule has 1 saturated carbocycles. The Bertz CT molecular complexity index is 596. The van der Waals surface area contributed by atoms with E-state index in [4.69, 9.17) is 0 Å². The van der Waals surface area contributed by atoms with Crippen molar-refractivity contribution in [1.82, 2.24) is 0 Å². The van der Waals surface area contributed by atoms with Crippen molar-refractivity contribution < 1.29 is 5.11 Å². The molecule has 21 heavy (non-hydrogen) atoms. The standard InChI is InChI=1S/C19H23NO/c1-15-9-5-6-13-18(15)20-19(21)14-8-7-12-17(19)16-10-3-2-4-11-16/h2-6,9-11,13,17,20-21H,7-8,12,14H2,1H3. The molecular weight excluding hydrogens is 258 g/mol. The maximum atomic E-state index is 11.3. The van der Waals surface area contributed by atoms with Gasteiger partial charge in [0.1, 0.15) is 5.72 Å². The van der Waals surface area contributed by atoms with E-state index in [0.717, 1.165) is 24.9 Å². The summed E-state index contributed by atoms with van der Waals surface area (Å²) >= 11 is 0. The van der Waals surface area contributed by atoms with Crippen LogP contribution in [0.4, 0.5) is 5.69 Å². The summed E-state index contributed by atoms with van der Waals surface area (Å²) in [5, 5.41) is 14.7. The van der Waals surface area contributed by atoms with Crippen LogP contribution in [0, 0.1) is 6.92 Å². The highest BCUT2D eigenvalue weighted by atomic mass is 16.3. The topological polar surface area (TPSA) is 32.3 Å². The fourth-order valence-electron chi connectivity index (χ4n) is 3.38. The second kappa shape index (κ2) is 5.90. The third-order valence-corrected chi connectivity index (χ3v) is 4.58. The molecule has 1 fully saturated rings. The fourth-order valence-corrected chi connectivity index (χ4v) is 3.38. The van der Waals surface area contributed by atoms with Crippen molar-refractivity contribution in [3.05, 3.63) is 65.7 Å². The highest BCUT2D eigenvalue weighted by molar-refractivity contribution is 5.52. The minimum Gasteiger partial charge on any atom is -0.370 e. The lowest BCUT2D eigenvalue weighted by Crippen LogP contribution is -2.46. The van der Waals surface area contributed by atoms with E-state index in [1.54, 1.807) is 0 Å². The summed E-state index contributed by atoms with van der Waals surface area (Å²) in [6.07, 6.45) is 4.07. The van der Waals surface area contributed by atoms with Gasteiger partial charge in [0, 0.05) is 11.6 Å². The number of aryl methyl sites for hydroxylation is 1. The molecular formula is C19H23NO. The number of rotatable bonds is 3. The number of para-hydroxylation sites is 1. The first-order chi connectivity index (χ1) is 10.2. The molecule has 2 heteroatoms. The lowest BCUT2D eigenvalue weighted by atomic mass is 9.77. The molecule has 0 amide bonds. The number of hydrogen-bond donors (Lipinski definition) is 2. The Morgan fingerprint density at radius 3 is 2.48 bits per heavy atom. The first-order valence-corrected chi connectivity index (χ1v) is 7.80. The quantitative estimate of drug-likeness (QED) is 0.814. The van der Waals surface area contributed by atoms with Crippen LogP contribution < -0.4 is 5.32 Å². The molecule has 0 aromatic heterocycles. The average Bonchev–Trinajstić information content (AvgIpc) is 2.51. The van der Waals surface area contributed by atoms with Crippen molar-refractivity contribution in [3.8, 4) is 0 Å². The molecule has 2 aromatic rings. The van der Waals surface area contributed by atoms with E-state index >= 15 is 0 Å². The van der Waals surface area contributed by atoms with Crippen LogP contribution >= 0.6 is 0 Å². The summed E-state index contributed by atoms with van der Waals surface area (Å²) in [6, 6.07) is 18.5. The van der Waals surface area contributed by atoms with Gasteiger partial charge in [0.05, 0.1) is 0 Å². The summed E-state index contributed by atoms with van der Waals surface area (Å²) in [4.78, 5) is 0. The van der Waals surface area contributed by atoms with Crippen LogP contribution in [0.15, 0.2) is 54.6 Å². The Morgan fingerprint density at radius 1 is 1.00 bits per heavy atom. The summed E-state index contributed by atoms with van der Waals surface area (Å²) in [5.41, 5.74) is 2.57. The van der Waals surface area contributed by atoms with Crippen LogP contribution in [0.5, 0.6) is 0 Å². The zero-order chi connectivity index (χ0) is 14.7. The Labute approximate surface area is 126 Å². The van der Waals surface area contributed by atoms with Gasteiger partial charge in [-0.05, 0) is 43.4 Å². The number of benzene rings is 2. The maximum absolute atomic E-state index is 11.3. The molecule has 2 N–H and O–H groups in total. The normalized spacial score (nSPS) is 25.5. The molecule has 0 spiro atoms. The fraction of sp³-hybridized carbons (Fsp3) is 0.368. The van der Waals surface area contributed by atoms with E-state index in [9.17, 15) is 5.11 Å². The minimum atomic E-state index is -0.855. The molecule has 2 aromatic carbocycles. The van der Waals surface area contributed by atoms with E-state index in [2.05, 4.69) is 42.6 Å². The van der Waals surface area contributed by atoms with Gasteiger partial charge in [-0.2, -0.15) is 0 Å². The Balaban J connectivity index is 1.91. The first-order valence-electron chi connectivity index (χ1n) is 7.80. The molecule has 2 unspecified atom stereocenters.